The van der Waals surface area contributed by atoms with E-state index in [9.17, 15) is 14.7 Å². The molecule has 1 aliphatic carbocycles. The highest BCUT2D eigenvalue weighted by Gasteiger charge is 2.13. The first-order valence-electron chi connectivity index (χ1n) is 13.0. The van der Waals surface area contributed by atoms with Crippen LogP contribution in [0, 0.1) is 0 Å². The molecule has 0 radical (unpaired) electrons. The molecular weight excluding hydrogens is 494 g/mol. The van der Waals surface area contributed by atoms with Crippen molar-refractivity contribution in [3.8, 4) is 17.2 Å². The third-order valence-electron chi connectivity index (χ3n) is 6.18. The Morgan fingerprint density at radius 1 is 1.00 bits per heavy atom. The molecule has 2 aromatic carbocycles. The van der Waals surface area contributed by atoms with Gasteiger partial charge >= 0.3 is 0 Å². The van der Waals surface area contributed by atoms with Gasteiger partial charge in [0.1, 0.15) is 17.2 Å². The highest BCUT2D eigenvalue weighted by molar-refractivity contribution is 6.24. The van der Waals surface area contributed by atoms with E-state index in [1.54, 1.807) is 56.7 Å². The van der Waals surface area contributed by atoms with Gasteiger partial charge in [0.05, 0.1) is 25.6 Å². The molecule has 0 atom stereocenters. The van der Waals surface area contributed by atoms with Gasteiger partial charge in [-0.3, -0.25) is 9.59 Å². The number of rotatable bonds is 13. The Balaban J connectivity index is 1.51. The maximum absolute atomic E-state index is 13.2. The van der Waals surface area contributed by atoms with E-state index in [2.05, 4.69) is 10.6 Å². The number of nitrogens with one attached hydrogen (secondary N) is 2. The first-order valence-corrected chi connectivity index (χ1v) is 13.0. The number of phenolic OH excluding ortho intramolecular Hbond substituents is 1. The lowest BCUT2D eigenvalue weighted by Gasteiger charge is -2.12. The molecular formula is C31H37N3O5. The summed E-state index contributed by atoms with van der Waals surface area (Å²) in [5, 5.41) is 15.6. The van der Waals surface area contributed by atoms with Gasteiger partial charge in [-0.1, -0.05) is 43.2 Å². The number of carbonyl (C=O) groups is 2. The standard InChI is InChI=1S/C31H37N3O5/c1-38-25-18-22(19-26(21-25)39-2)20-27(23-13-15-24(35)16-14-23)31(37)33-17-9-4-3-8-12-30(36)34-29-11-7-5-6-10-28(29)32/h5-6,10-11,13-16,18-21,35H,3-4,7-9,12,17,32H2,1-2H3,(H,33,37)(H,34,36)/b27-20-. The molecule has 0 spiro atoms. The number of carbonyl (C=O) groups excluding carboxylic acids is 2. The maximum Gasteiger partial charge on any atom is 0.251 e. The van der Waals surface area contributed by atoms with Crippen LogP contribution >= 0.6 is 0 Å². The van der Waals surface area contributed by atoms with Gasteiger partial charge in [-0.15, -0.1) is 0 Å². The van der Waals surface area contributed by atoms with Crippen molar-refractivity contribution in [2.75, 3.05) is 20.8 Å². The summed E-state index contributed by atoms with van der Waals surface area (Å²) in [6, 6.07) is 11.9. The van der Waals surface area contributed by atoms with E-state index in [0.717, 1.165) is 37.7 Å². The number of phenols is 1. The molecule has 8 nitrogen and oxygen atoms in total. The fraction of sp³-hybridized carbons (Fsp3) is 0.290. The Bertz CT molecular complexity index is 1240. The molecule has 0 bridgehead atoms. The number of hydrogen-bond donors (Lipinski definition) is 4. The average Bonchev–Trinajstić information content (AvgIpc) is 3.14. The number of benzene rings is 2. The number of allylic oxidation sites excluding steroid dienone is 4. The first-order chi connectivity index (χ1) is 18.9. The second-order valence-corrected chi connectivity index (χ2v) is 9.12. The number of amides is 2. The van der Waals surface area contributed by atoms with Crippen molar-refractivity contribution in [3.63, 3.8) is 0 Å². The van der Waals surface area contributed by atoms with Gasteiger partial charge in [-0.05, 0) is 66.8 Å². The van der Waals surface area contributed by atoms with Crippen LogP contribution in [-0.2, 0) is 9.59 Å². The Hall–Kier alpha value is -4.46. The minimum absolute atomic E-state index is 0.0503. The molecule has 0 fully saturated rings. The van der Waals surface area contributed by atoms with E-state index in [1.807, 2.05) is 30.4 Å². The van der Waals surface area contributed by atoms with E-state index in [0.29, 0.717) is 47.0 Å². The third-order valence-corrected chi connectivity index (χ3v) is 6.18. The molecule has 0 aliphatic heterocycles. The molecule has 0 saturated carbocycles. The van der Waals surface area contributed by atoms with Crippen LogP contribution in [0.3, 0.4) is 0 Å². The zero-order chi connectivity index (χ0) is 28.0. The largest absolute Gasteiger partial charge is 0.508 e. The van der Waals surface area contributed by atoms with Gasteiger partial charge in [-0.2, -0.15) is 0 Å². The number of aromatic hydroxyl groups is 1. The molecule has 39 heavy (non-hydrogen) atoms. The molecule has 0 heterocycles. The van der Waals surface area contributed by atoms with E-state index in [4.69, 9.17) is 15.2 Å². The molecule has 0 saturated heterocycles. The minimum Gasteiger partial charge on any atom is -0.508 e. The predicted molar refractivity (Wildman–Crippen MR) is 154 cm³/mol. The van der Waals surface area contributed by atoms with Gasteiger partial charge in [0, 0.05) is 24.6 Å². The predicted octanol–water partition coefficient (Wildman–Crippen LogP) is 4.82. The van der Waals surface area contributed by atoms with Gasteiger partial charge in [0.2, 0.25) is 5.91 Å². The third kappa shape index (κ3) is 9.41. The summed E-state index contributed by atoms with van der Waals surface area (Å²) < 4.78 is 10.7. The summed E-state index contributed by atoms with van der Waals surface area (Å²) in [5.74, 6) is 1.08. The zero-order valence-corrected chi connectivity index (χ0v) is 22.5. The summed E-state index contributed by atoms with van der Waals surface area (Å²) in [6.07, 6.45) is 13.8. The van der Waals surface area contributed by atoms with Crippen LogP contribution in [0.1, 0.15) is 49.7 Å². The summed E-state index contributed by atoms with van der Waals surface area (Å²) in [5.41, 5.74) is 9.06. The van der Waals surface area contributed by atoms with Crippen molar-refractivity contribution in [3.05, 3.63) is 89.3 Å². The maximum atomic E-state index is 13.2. The first kappa shape index (κ1) is 29.1. The number of ether oxygens (including phenoxy) is 2. The number of methoxy groups -OCH3 is 2. The summed E-state index contributed by atoms with van der Waals surface area (Å²) in [7, 11) is 3.14. The highest BCUT2D eigenvalue weighted by atomic mass is 16.5. The Kier molecular flexibility index (Phi) is 11.2. The van der Waals surface area contributed by atoms with Crippen LogP contribution in [-0.4, -0.2) is 37.7 Å². The SMILES string of the molecule is COc1cc(/C=C(\C(=O)NCCCCCCC(=O)NC2=CCC=CC=C2N)c2ccc(O)cc2)cc(OC)c1. The van der Waals surface area contributed by atoms with Crippen molar-refractivity contribution < 1.29 is 24.2 Å². The van der Waals surface area contributed by atoms with E-state index in [1.165, 1.54) is 0 Å². The van der Waals surface area contributed by atoms with Crippen LogP contribution in [0.5, 0.6) is 17.2 Å². The molecule has 3 rings (SSSR count). The van der Waals surface area contributed by atoms with Gasteiger partial charge < -0.3 is 30.9 Å². The van der Waals surface area contributed by atoms with Crippen LogP contribution in [0.15, 0.2) is 78.2 Å². The number of hydrogen-bond acceptors (Lipinski definition) is 6. The molecule has 2 aromatic rings. The minimum atomic E-state index is -0.223. The lowest BCUT2D eigenvalue weighted by atomic mass is 10.0. The lowest BCUT2D eigenvalue weighted by molar-refractivity contribution is -0.120. The van der Waals surface area contributed by atoms with Crippen molar-refractivity contribution in [2.24, 2.45) is 5.73 Å². The second-order valence-electron chi connectivity index (χ2n) is 9.12. The van der Waals surface area contributed by atoms with Crippen LogP contribution in [0.2, 0.25) is 0 Å². The second kappa shape index (κ2) is 15.1. The average molecular weight is 532 g/mol. The monoisotopic (exact) mass is 531 g/mol. The summed E-state index contributed by atoms with van der Waals surface area (Å²) in [4.78, 5) is 25.4. The summed E-state index contributed by atoms with van der Waals surface area (Å²) >= 11 is 0. The van der Waals surface area contributed by atoms with Crippen molar-refractivity contribution in [1.82, 2.24) is 10.6 Å². The Labute approximate surface area is 229 Å². The number of unbranched alkanes of at least 4 members (excludes halogenated alkanes) is 3. The van der Waals surface area contributed by atoms with Gasteiger partial charge in [-0.25, -0.2) is 0 Å². The molecule has 1 aliphatic rings. The zero-order valence-electron chi connectivity index (χ0n) is 22.5. The number of nitrogens with two attached hydrogens (primary N) is 1. The lowest BCUT2D eigenvalue weighted by Crippen LogP contribution is -2.26. The van der Waals surface area contributed by atoms with Crippen LogP contribution < -0.4 is 25.8 Å². The van der Waals surface area contributed by atoms with Gasteiger partial charge in [0.25, 0.3) is 5.91 Å². The summed E-state index contributed by atoms with van der Waals surface area (Å²) in [6.45, 7) is 0.503. The molecule has 0 aromatic heterocycles. The fourth-order valence-electron chi connectivity index (χ4n) is 4.04. The smallest absolute Gasteiger partial charge is 0.251 e. The molecule has 2 amide bonds. The highest BCUT2D eigenvalue weighted by Crippen LogP contribution is 2.27. The van der Waals surface area contributed by atoms with E-state index >= 15 is 0 Å². The van der Waals surface area contributed by atoms with E-state index in [-0.39, 0.29) is 17.6 Å². The van der Waals surface area contributed by atoms with Crippen LogP contribution in [0.25, 0.3) is 11.6 Å². The molecule has 206 valence electrons. The fourth-order valence-corrected chi connectivity index (χ4v) is 4.04. The Morgan fingerprint density at radius 3 is 2.38 bits per heavy atom. The van der Waals surface area contributed by atoms with E-state index < -0.39 is 0 Å². The topological polar surface area (TPSA) is 123 Å². The quantitative estimate of drug-likeness (QED) is 0.167. The Morgan fingerprint density at radius 2 is 1.69 bits per heavy atom. The molecule has 5 N–H and O–H groups in total. The van der Waals surface area contributed by atoms with Crippen LogP contribution in [0.4, 0.5) is 0 Å². The normalized spacial score (nSPS) is 13.1. The van der Waals surface area contributed by atoms with Crippen molar-refractivity contribution >= 4 is 23.5 Å². The van der Waals surface area contributed by atoms with Crippen molar-refractivity contribution in [1.29, 1.82) is 0 Å². The van der Waals surface area contributed by atoms with Crippen molar-refractivity contribution in [2.45, 2.75) is 38.5 Å². The molecule has 0 unspecified atom stereocenters. The molecule has 8 heteroatoms. The van der Waals surface area contributed by atoms with Gasteiger partial charge in [0.15, 0.2) is 0 Å².